The van der Waals surface area contributed by atoms with Crippen molar-refractivity contribution in [1.82, 2.24) is 4.31 Å². The number of nitro benzene ring substituents is 1. The third-order valence-electron chi connectivity index (χ3n) is 2.57. The Morgan fingerprint density at radius 3 is 2.60 bits per heavy atom. The Kier molecular flexibility index (Phi) is 5.44. The number of rotatable bonds is 6. The summed E-state index contributed by atoms with van der Waals surface area (Å²) >= 11 is 5.82. The molecule has 0 N–H and O–H groups in total. The Bertz CT molecular complexity index is 654. The fourth-order valence-electron chi connectivity index (χ4n) is 1.57. The molecule has 0 saturated heterocycles. The number of nitro groups is 1. The molecule has 1 aromatic carbocycles. The molecule has 0 fully saturated rings. The van der Waals surface area contributed by atoms with E-state index in [4.69, 9.17) is 16.9 Å². The Morgan fingerprint density at radius 1 is 1.50 bits per heavy atom. The number of nitrogens with zero attached hydrogens (tertiary/aromatic N) is 3. The number of nitriles is 1. The third-order valence-corrected chi connectivity index (χ3v) is 5.03. The van der Waals surface area contributed by atoms with Gasteiger partial charge in [0.15, 0.2) is 0 Å². The molecule has 0 radical (unpaired) electrons. The molecule has 0 aromatic heterocycles. The van der Waals surface area contributed by atoms with Gasteiger partial charge in [-0.1, -0.05) is 18.5 Å². The summed E-state index contributed by atoms with van der Waals surface area (Å²) in [6.45, 7) is 1.86. The van der Waals surface area contributed by atoms with Crippen molar-refractivity contribution in [3.63, 3.8) is 0 Å². The van der Waals surface area contributed by atoms with Gasteiger partial charge in [-0.25, -0.2) is 8.42 Å². The zero-order valence-electron chi connectivity index (χ0n) is 10.6. The summed E-state index contributed by atoms with van der Waals surface area (Å²) in [6.07, 6.45) is 0.0532. The molecule has 0 amide bonds. The summed E-state index contributed by atoms with van der Waals surface area (Å²) in [6, 6.07) is 5.04. The highest BCUT2D eigenvalue weighted by atomic mass is 35.5. The van der Waals surface area contributed by atoms with E-state index < -0.39 is 14.9 Å². The smallest absolute Gasteiger partial charge is 0.258 e. The van der Waals surface area contributed by atoms with Crippen LogP contribution in [0.5, 0.6) is 0 Å². The van der Waals surface area contributed by atoms with Crippen LogP contribution in [0.4, 0.5) is 5.69 Å². The number of hydrogen-bond acceptors (Lipinski definition) is 5. The van der Waals surface area contributed by atoms with Gasteiger partial charge in [-0.15, -0.1) is 0 Å². The van der Waals surface area contributed by atoms with E-state index in [2.05, 4.69) is 0 Å². The van der Waals surface area contributed by atoms with Crippen molar-refractivity contribution in [2.75, 3.05) is 13.1 Å². The van der Waals surface area contributed by atoms with Crippen LogP contribution in [0.2, 0.25) is 5.02 Å². The molecule has 0 bridgehead atoms. The molecule has 108 valence electrons. The van der Waals surface area contributed by atoms with Crippen molar-refractivity contribution >= 4 is 27.3 Å². The molecule has 0 saturated carbocycles. The molecular weight excluding hydrogens is 306 g/mol. The van der Waals surface area contributed by atoms with Gasteiger partial charge in [-0.05, 0) is 6.07 Å². The highest BCUT2D eigenvalue weighted by Gasteiger charge is 2.26. The van der Waals surface area contributed by atoms with E-state index in [1.54, 1.807) is 6.92 Å². The monoisotopic (exact) mass is 317 g/mol. The van der Waals surface area contributed by atoms with E-state index >= 15 is 0 Å². The van der Waals surface area contributed by atoms with Crippen molar-refractivity contribution in [3.8, 4) is 6.07 Å². The lowest BCUT2D eigenvalue weighted by molar-refractivity contribution is -0.384. The first kappa shape index (κ1) is 16.4. The maximum absolute atomic E-state index is 12.3. The summed E-state index contributed by atoms with van der Waals surface area (Å²) in [5.74, 6) is 0. The van der Waals surface area contributed by atoms with Gasteiger partial charge in [0.1, 0.15) is 4.90 Å². The lowest BCUT2D eigenvalue weighted by atomic mass is 10.3. The fourth-order valence-corrected chi connectivity index (χ4v) is 3.54. The van der Waals surface area contributed by atoms with Crippen LogP contribution in [0.15, 0.2) is 23.1 Å². The fraction of sp³-hybridized carbons (Fsp3) is 0.364. The van der Waals surface area contributed by atoms with Crippen LogP contribution in [0, 0.1) is 21.4 Å². The third kappa shape index (κ3) is 3.45. The number of benzene rings is 1. The second-order valence-corrected chi connectivity index (χ2v) is 6.09. The van der Waals surface area contributed by atoms with Crippen LogP contribution >= 0.6 is 11.6 Å². The van der Waals surface area contributed by atoms with Gasteiger partial charge in [-0.2, -0.15) is 9.57 Å². The molecular formula is C11H12ClN3O4S. The van der Waals surface area contributed by atoms with Gasteiger partial charge in [0.2, 0.25) is 10.0 Å². The maximum atomic E-state index is 12.3. The molecule has 0 spiro atoms. The van der Waals surface area contributed by atoms with Crippen molar-refractivity contribution in [2.24, 2.45) is 0 Å². The Hall–Kier alpha value is -1.69. The molecule has 1 aromatic rings. The van der Waals surface area contributed by atoms with Crippen molar-refractivity contribution in [3.05, 3.63) is 33.3 Å². The van der Waals surface area contributed by atoms with Gasteiger partial charge in [0, 0.05) is 31.6 Å². The number of halogens is 1. The number of hydrogen-bond donors (Lipinski definition) is 0. The highest BCUT2D eigenvalue weighted by Crippen LogP contribution is 2.28. The topological polar surface area (TPSA) is 104 Å². The van der Waals surface area contributed by atoms with Crippen LogP contribution in [0.25, 0.3) is 0 Å². The SMILES string of the molecule is CCN(CCC#N)S(=O)(=O)c1ccc([N+](=O)[O-])cc1Cl. The van der Waals surface area contributed by atoms with Gasteiger partial charge in [-0.3, -0.25) is 10.1 Å². The molecule has 0 aliphatic rings. The zero-order chi connectivity index (χ0) is 15.3. The second kappa shape index (κ2) is 6.65. The first-order valence-corrected chi connectivity index (χ1v) is 7.47. The summed E-state index contributed by atoms with van der Waals surface area (Å²) in [5.41, 5.74) is -0.283. The van der Waals surface area contributed by atoms with E-state index in [1.807, 2.05) is 6.07 Å². The largest absolute Gasteiger partial charge is 0.271 e. The lowest BCUT2D eigenvalue weighted by Crippen LogP contribution is -2.31. The number of sulfonamides is 1. The normalized spacial score (nSPS) is 11.3. The molecule has 0 aliphatic carbocycles. The van der Waals surface area contributed by atoms with E-state index in [0.29, 0.717) is 0 Å². The predicted octanol–water partition coefficient (Wildman–Crippen LogP) is 2.17. The van der Waals surface area contributed by atoms with Crippen molar-refractivity contribution in [2.45, 2.75) is 18.2 Å². The van der Waals surface area contributed by atoms with Crippen LogP contribution in [-0.2, 0) is 10.0 Å². The van der Waals surface area contributed by atoms with E-state index in [-0.39, 0.29) is 35.1 Å². The first-order chi connectivity index (χ1) is 9.34. The molecule has 9 heteroatoms. The van der Waals surface area contributed by atoms with Gasteiger partial charge >= 0.3 is 0 Å². The lowest BCUT2D eigenvalue weighted by Gasteiger charge is -2.19. The highest BCUT2D eigenvalue weighted by molar-refractivity contribution is 7.89. The number of non-ortho nitro benzene ring substituents is 1. The van der Waals surface area contributed by atoms with Crippen LogP contribution in [0.3, 0.4) is 0 Å². The Morgan fingerprint density at radius 2 is 2.15 bits per heavy atom. The average Bonchev–Trinajstić information content (AvgIpc) is 2.38. The van der Waals surface area contributed by atoms with Gasteiger partial charge in [0.25, 0.3) is 5.69 Å². The summed E-state index contributed by atoms with van der Waals surface area (Å²) in [5, 5.41) is 18.9. The quantitative estimate of drug-likeness (QED) is 0.590. The van der Waals surface area contributed by atoms with Crippen LogP contribution in [-0.4, -0.2) is 30.7 Å². The summed E-state index contributed by atoms with van der Waals surface area (Å²) < 4.78 is 25.8. The van der Waals surface area contributed by atoms with Crippen LogP contribution in [0.1, 0.15) is 13.3 Å². The van der Waals surface area contributed by atoms with Gasteiger partial charge in [0.05, 0.1) is 16.0 Å². The second-order valence-electron chi connectivity index (χ2n) is 3.78. The van der Waals surface area contributed by atoms with Crippen molar-refractivity contribution in [1.29, 1.82) is 5.26 Å². The average molecular weight is 318 g/mol. The van der Waals surface area contributed by atoms with Gasteiger partial charge < -0.3 is 0 Å². The summed E-state index contributed by atoms with van der Waals surface area (Å²) in [4.78, 5) is 9.74. The minimum atomic E-state index is -3.87. The first-order valence-electron chi connectivity index (χ1n) is 5.65. The standard InChI is InChI=1S/C11H12ClN3O4S/c1-2-14(7-3-6-13)20(18,19)11-5-4-9(15(16)17)8-10(11)12/h4-5,8H,2-3,7H2,1H3. The molecule has 7 nitrogen and oxygen atoms in total. The molecule has 0 aliphatic heterocycles. The minimum absolute atomic E-state index is 0.0443. The molecule has 0 atom stereocenters. The van der Waals surface area contributed by atoms with E-state index in [0.717, 1.165) is 22.5 Å². The van der Waals surface area contributed by atoms with Crippen LogP contribution < -0.4 is 0 Å². The molecule has 0 heterocycles. The molecule has 20 heavy (non-hydrogen) atoms. The predicted molar refractivity (Wildman–Crippen MR) is 72.8 cm³/mol. The molecule has 1 rings (SSSR count). The van der Waals surface area contributed by atoms with E-state index in [9.17, 15) is 18.5 Å². The zero-order valence-corrected chi connectivity index (χ0v) is 12.2. The van der Waals surface area contributed by atoms with Crippen molar-refractivity contribution < 1.29 is 13.3 Å². The Balaban J connectivity index is 3.21. The maximum Gasteiger partial charge on any atom is 0.271 e. The minimum Gasteiger partial charge on any atom is -0.258 e. The Labute approximate surface area is 121 Å². The van der Waals surface area contributed by atoms with E-state index in [1.165, 1.54) is 0 Å². The molecule has 0 unspecified atom stereocenters. The summed E-state index contributed by atoms with van der Waals surface area (Å²) in [7, 11) is -3.87.